The van der Waals surface area contributed by atoms with Gasteiger partial charge in [0.15, 0.2) is 11.0 Å². The number of hydrazine groups is 1. The zero-order valence-corrected chi connectivity index (χ0v) is 16.0. The quantitative estimate of drug-likeness (QED) is 0.501. The van der Waals surface area contributed by atoms with Crippen LogP contribution in [0.2, 0.25) is 5.02 Å². The highest BCUT2D eigenvalue weighted by Gasteiger charge is 2.14. The third-order valence-electron chi connectivity index (χ3n) is 3.33. The van der Waals surface area contributed by atoms with Gasteiger partial charge in [0.2, 0.25) is 5.91 Å². The highest BCUT2D eigenvalue weighted by Crippen LogP contribution is 2.25. The fraction of sp³-hybridized carbons (Fsp3) is 0.125. The number of benzene rings is 1. The molecule has 0 bridgehead atoms. The van der Waals surface area contributed by atoms with Gasteiger partial charge >= 0.3 is 0 Å². The predicted molar refractivity (Wildman–Crippen MR) is 102 cm³/mol. The van der Waals surface area contributed by atoms with E-state index in [1.807, 2.05) is 29.1 Å². The predicted octanol–water partition coefficient (Wildman–Crippen LogP) is 2.75. The number of hydrogen-bond acceptors (Lipinski definition) is 6. The van der Waals surface area contributed by atoms with Gasteiger partial charge in [0, 0.05) is 17.6 Å². The first-order chi connectivity index (χ1) is 12.5. The van der Waals surface area contributed by atoms with Crippen molar-refractivity contribution in [1.82, 2.24) is 25.6 Å². The summed E-state index contributed by atoms with van der Waals surface area (Å²) in [6, 6.07) is 10.3. The maximum absolute atomic E-state index is 11.9. The third-order valence-corrected chi connectivity index (χ3v) is 5.47. The number of aromatic nitrogens is 3. The monoisotopic (exact) mass is 407 g/mol. The Morgan fingerprint density at radius 3 is 2.65 bits per heavy atom. The van der Waals surface area contributed by atoms with Crippen LogP contribution in [0.1, 0.15) is 10.4 Å². The van der Waals surface area contributed by atoms with Crippen molar-refractivity contribution >= 4 is 46.5 Å². The summed E-state index contributed by atoms with van der Waals surface area (Å²) in [6.45, 7) is 0. The van der Waals surface area contributed by atoms with Crippen LogP contribution in [-0.2, 0) is 11.8 Å². The topological polar surface area (TPSA) is 88.9 Å². The lowest BCUT2D eigenvalue weighted by Crippen LogP contribution is -2.42. The minimum Gasteiger partial charge on any atom is -0.304 e. The molecule has 0 unspecified atom stereocenters. The Hall–Kier alpha value is -2.36. The third kappa shape index (κ3) is 4.43. The second-order valence-corrected chi connectivity index (χ2v) is 7.47. The molecule has 0 radical (unpaired) electrons. The number of rotatable bonds is 5. The van der Waals surface area contributed by atoms with Crippen LogP contribution in [0.15, 0.2) is 46.9 Å². The zero-order valence-electron chi connectivity index (χ0n) is 13.6. The Bertz CT molecular complexity index is 909. The summed E-state index contributed by atoms with van der Waals surface area (Å²) in [5.74, 6) is 0.0766. The van der Waals surface area contributed by atoms with Crippen molar-refractivity contribution in [3.05, 3.63) is 52.4 Å². The largest absolute Gasteiger partial charge is 0.304 e. The van der Waals surface area contributed by atoms with E-state index in [2.05, 4.69) is 21.0 Å². The maximum Gasteiger partial charge on any atom is 0.269 e. The first kappa shape index (κ1) is 18.4. The second kappa shape index (κ2) is 8.35. The summed E-state index contributed by atoms with van der Waals surface area (Å²) >= 11 is 8.58. The van der Waals surface area contributed by atoms with Crippen LogP contribution in [0.4, 0.5) is 0 Å². The first-order valence-electron chi connectivity index (χ1n) is 7.45. The normalized spacial score (nSPS) is 10.5. The van der Waals surface area contributed by atoms with E-state index in [-0.39, 0.29) is 11.7 Å². The molecular formula is C16H14ClN5O2S2. The van der Waals surface area contributed by atoms with Crippen molar-refractivity contribution in [2.45, 2.75) is 5.16 Å². The van der Waals surface area contributed by atoms with E-state index < -0.39 is 5.91 Å². The van der Waals surface area contributed by atoms with Gasteiger partial charge in [-0.2, -0.15) is 0 Å². The molecule has 2 heterocycles. The summed E-state index contributed by atoms with van der Waals surface area (Å²) in [5.41, 5.74) is 5.13. The first-order valence-corrected chi connectivity index (χ1v) is 9.69. The Balaban J connectivity index is 1.50. The number of thiophene rings is 1. The van der Waals surface area contributed by atoms with Crippen LogP contribution >= 0.6 is 34.7 Å². The highest BCUT2D eigenvalue weighted by molar-refractivity contribution is 7.99. The molecule has 3 aromatic rings. The molecule has 0 aliphatic carbocycles. The molecule has 2 aromatic heterocycles. The summed E-state index contributed by atoms with van der Waals surface area (Å²) in [7, 11) is 1.84. The molecule has 0 fully saturated rings. The molecule has 0 spiro atoms. The van der Waals surface area contributed by atoms with Crippen molar-refractivity contribution < 1.29 is 9.59 Å². The molecule has 1 aromatic carbocycles. The molecule has 26 heavy (non-hydrogen) atoms. The fourth-order valence-corrected chi connectivity index (χ4v) is 3.61. The van der Waals surface area contributed by atoms with Crippen molar-refractivity contribution in [2.24, 2.45) is 7.05 Å². The van der Waals surface area contributed by atoms with E-state index in [1.54, 1.807) is 35.6 Å². The summed E-state index contributed by atoms with van der Waals surface area (Å²) < 4.78 is 1.83. The number of hydrogen-bond donors (Lipinski definition) is 2. The van der Waals surface area contributed by atoms with Gasteiger partial charge in [0.1, 0.15) is 0 Å². The number of halogens is 1. The number of amides is 2. The van der Waals surface area contributed by atoms with Crippen molar-refractivity contribution in [2.75, 3.05) is 5.75 Å². The number of nitrogens with one attached hydrogen (secondary N) is 2. The molecule has 0 aliphatic rings. The van der Waals surface area contributed by atoms with Gasteiger partial charge in [-0.05, 0) is 35.7 Å². The molecule has 0 atom stereocenters. The van der Waals surface area contributed by atoms with Gasteiger partial charge in [0.05, 0.1) is 10.6 Å². The molecule has 0 saturated heterocycles. The number of thioether (sulfide) groups is 1. The van der Waals surface area contributed by atoms with Gasteiger partial charge in [0.25, 0.3) is 5.91 Å². The van der Waals surface area contributed by atoms with Gasteiger partial charge in [-0.1, -0.05) is 29.4 Å². The van der Waals surface area contributed by atoms with E-state index in [4.69, 9.17) is 11.6 Å². The molecule has 0 saturated carbocycles. The molecule has 0 aliphatic heterocycles. The van der Waals surface area contributed by atoms with Gasteiger partial charge in [-0.15, -0.1) is 21.5 Å². The lowest BCUT2D eigenvalue weighted by atomic mass is 10.2. The van der Waals surface area contributed by atoms with E-state index in [9.17, 15) is 9.59 Å². The van der Waals surface area contributed by atoms with Crippen LogP contribution < -0.4 is 10.9 Å². The molecular weight excluding hydrogens is 394 g/mol. The van der Waals surface area contributed by atoms with Gasteiger partial charge in [-0.25, -0.2) is 0 Å². The van der Waals surface area contributed by atoms with Crippen molar-refractivity contribution in [3.63, 3.8) is 0 Å². The SMILES string of the molecule is Cn1c(SCC(=O)NNC(=O)c2ccc(Cl)cc2)nnc1-c1cccs1. The molecule has 134 valence electrons. The Morgan fingerprint density at radius 1 is 1.19 bits per heavy atom. The standard InChI is InChI=1S/C16H14ClN5O2S2/c1-22-14(12-3-2-8-25-12)19-21-16(22)26-9-13(23)18-20-15(24)10-4-6-11(17)7-5-10/h2-8H,9H2,1H3,(H,18,23)(H,20,24). The molecule has 2 N–H and O–H groups in total. The van der Waals surface area contributed by atoms with Crippen LogP contribution in [0.5, 0.6) is 0 Å². The Kier molecular flexibility index (Phi) is 5.92. The lowest BCUT2D eigenvalue weighted by Gasteiger charge is -2.07. The lowest BCUT2D eigenvalue weighted by molar-refractivity contribution is -0.119. The maximum atomic E-state index is 11.9. The zero-order chi connectivity index (χ0) is 18.5. The molecule has 3 rings (SSSR count). The number of carbonyl (C=O) groups is 2. The minimum atomic E-state index is -0.418. The van der Waals surface area contributed by atoms with Gasteiger partial charge in [-0.3, -0.25) is 20.4 Å². The molecule has 10 heteroatoms. The van der Waals surface area contributed by atoms with Crippen molar-refractivity contribution in [1.29, 1.82) is 0 Å². The van der Waals surface area contributed by atoms with E-state index in [0.717, 1.165) is 10.7 Å². The fourth-order valence-electron chi connectivity index (χ4n) is 2.03. The van der Waals surface area contributed by atoms with E-state index in [1.165, 1.54) is 11.8 Å². The second-order valence-electron chi connectivity index (χ2n) is 5.14. The van der Waals surface area contributed by atoms with E-state index in [0.29, 0.717) is 15.7 Å². The minimum absolute atomic E-state index is 0.0946. The van der Waals surface area contributed by atoms with Crippen LogP contribution in [0.3, 0.4) is 0 Å². The van der Waals surface area contributed by atoms with Crippen LogP contribution in [0, 0.1) is 0 Å². The summed E-state index contributed by atoms with van der Waals surface area (Å²) in [6.07, 6.45) is 0. The van der Waals surface area contributed by atoms with Crippen LogP contribution in [-0.4, -0.2) is 32.3 Å². The van der Waals surface area contributed by atoms with Gasteiger partial charge < -0.3 is 4.57 Å². The number of carbonyl (C=O) groups excluding carboxylic acids is 2. The van der Waals surface area contributed by atoms with E-state index >= 15 is 0 Å². The summed E-state index contributed by atoms with van der Waals surface area (Å²) in [5, 5.41) is 11.4. The molecule has 2 amide bonds. The summed E-state index contributed by atoms with van der Waals surface area (Å²) in [4.78, 5) is 24.9. The number of nitrogens with zero attached hydrogens (tertiary/aromatic N) is 3. The molecule has 7 nitrogen and oxygen atoms in total. The Morgan fingerprint density at radius 2 is 1.96 bits per heavy atom. The van der Waals surface area contributed by atoms with Crippen LogP contribution in [0.25, 0.3) is 10.7 Å². The average molecular weight is 408 g/mol. The average Bonchev–Trinajstić information content (AvgIpc) is 3.28. The van der Waals surface area contributed by atoms with Crippen molar-refractivity contribution in [3.8, 4) is 10.7 Å². The smallest absolute Gasteiger partial charge is 0.269 e. The highest BCUT2D eigenvalue weighted by atomic mass is 35.5. The Labute approximate surface area is 162 Å².